The van der Waals surface area contributed by atoms with E-state index >= 15 is 0 Å². The van der Waals surface area contributed by atoms with Gasteiger partial charge >= 0.3 is 0 Å². The molecule has 1 heterocycles. The van der Waals surface area contributed by atoms with E-state index in [1.807, 2.05) is 32.9 Å². The summed E-state index contributed by atoms with van der Waals surface area (Å²) in [4.78, 5) is 15.6. The summed E-state index contributed by atoms with van der Waals surface area (Å²) in [7, 11) is 0. The number of anilines is 1. The first-order valence-electron chi connectivity index (χ1n) is 7.12. The molecule has 1 amide bonds. The number of halogens is 1. The van der Waals surface area contributed by atoms with E-state index in [0.29, 0.717) is 5.56 Å². The second-order valence-electron chi connectivity index (χ2n) is 5.57. The summed E-state index contributed by atoms with van der Waals surface area (Å²) in [5, 5.41) is 3.64. The number of hydrogen-bond acceptors (Lipinski definition) is 1. The van der Waals surface area contributed by atoms with E-state index in [1.54, 1.807) is 18.2 Å². The van der Waals surface area contributed by atoms with Gasteiger partial charge in [0.2, 0.25) is 0 Å². The van der Waals surface area contributed by atoms with Crippen molar-refractivity contribution in [3.05, 3.63) is 64.6 Å². The highest BCUT2D eigenvalue weighted by molar-refractivity contribution is 6.06. The number of H-pyrrole nitrogens is 1. The Labute approximate surface area is 128 Å². The molecular weight excluding hydrogens is 279 g/mol. The number of amides is 1. The molecule has 0 radical (unpaired) electrons. The van der Waals surface area contributed by atoms with Gasteiger partial charge in [0.1, 0.15) is 5.82 Å². The van der Waals surface area contributed by atoms with Gasteiger partial charge < -0.3 is 10.3 Å². The van der Waals surface area contributed by atoms with Gasteiger partial charge in [-0.05, 0) is 62.2 Å². The zero-order valence-electron chi connectivity index (χ0n) is 12.8. The molecule has 2 aromatic carbocycles. The standard InChI is InChI=1S/C18H17FN2O/c1-10-4-6-15(19)17(8-10)21-18(22)13-5-7-16-14(9-13)11(2)12(3)20-16/h4-9,20H,1-3H3,(H,21,22). The lowest BCUT2D eigenvalue weighted by atomic mass is 10.1. The van der Waals surface area contributed by atoms with Crippen molar-refractivity contribution >= 4 is 22.5 Å². The molecule has 112 valence electrons. The predicted octanol–water partition coefficient (Wildman–Crippen LogP) is 4.48. The topological polar surface area (TPSA) is 44.9 Å². The number of carbonyl (C=O) groups is 1. The molecule has 3 aromatic rings. The highest BCUT2D eigenvalue weighted by atomic mass is 19.1. The van der Waals surface area contributed by atoms with Crippen LogP contribution in [0, 0.1) is 26.6 Å². The van der Waals surface area contributed by atoms with Crippen LogP contribution in [0.15, 0.2) is 36.4 Å². The van der Waals surface area contributed by atoms with Crippen molar-refractivity contribution in [3.8, 4) is 0 Å². The van der Waals surface area contributed by atoms with Crippen molar-refractivity contribution in [1.29, 1.82) is 0 Å². The Morgan fingerprint density at radius 1 is 1.09 bits per heavy atom. The van der Waals surface area contributed by atoms with E-state index in [4.69, 9.17) is 0 Å². The van der Waals surface area contributed by atoms with Gasteiger partial charge in [-0.25, -0.2) is 4.39 Å². The maximum atomic E-state index is 13.7. The predicted molar refractivity (Wildman–Crippen MR) is 86.9 cm³/mol. The first kappa shape index (κ1) is 14.3. The van der Waals surface area contributed by atoms with Crippen molar-refractivity contribution in [1.82, 2.24) is 4.98 Å². The number of rotatable bonds is 2. The molecule has 0 spiro atoms. The smallest absolute Gasteiger partial charge is 0.255 e. The Bertz CT molecular complexity index is 880. The fourth-order valence-electron chi connectivity index (χ4n) is 2.53. The Morgan fingerprint density at radius 3 is 2.64 bits per heavy atom. The summed E-state index contributed by atoms with van der Waals surface area (Å²) in [5.41, 5.74) is 4.80. The molecule has 4 heteroatoms. The Morgan fingerprint density at radius 2 is 1.86 bits per heavy atom. The minimum atomic E-state index is -0.436. The molecule has 0 saturated heterocycles. The second kappa shape index (κ2) is 5.30. The second-order valence-corrected chi connectivity index (χ2v) is 5.57. The average Bonchev–Trinajstić information content (AvgIpc) is 2.77. The van der Waals surface area contributed by atoms with Gasteiger partial charge in [0.05, 0.1) is 5.69 Å². The lowest BCUT2D eigenvalue weighted by Crippen LogP contribution is -2.13. The monoisotopic (exact) mass is 296 g/mol. The molecule has 0 unspecified atom stereocenters. The summed E-state index contributed by atoms with van der Waals surface area (Å²) in [6.45, 7) is 5.86. The van der Waals surface area contributed by atoms with Crippen molar-refractivity contribution in [3.63, 3.8) is 0 Å². The fraction of sp³-hybridized carbons (Fsp3) is 0.167. The third-order valence-electron chi connectivity index (χ3n) is 3.94. The summed E-state index contributed by atoms with van der Waals surface area (Å²) in [6, 6.07) is 10.1. The van der Waals surface area contributed by atoms with E-state index in [2.05, 4.69) is 10.3 Å². The minimum absolute atomic E-state index is 0.201. The highest BCUT2D eigenvalue weighted by Gasteiger charge is 2.12. The van der Waals surface area contributed by atoms with E-state index in [9.17, 15) is 9.18 Å². The summed E-state index contributed by atoms with van der Waals surface area (Å²) >= 11 is 0. The normalized spacial score (nSPS) is 10.9. The Balaban J connectivity index is 1.95. The number of hydrogen-bond donors (Lipinski definition) is 2. The van der Waals surface area contributed by atoms with Gasteiger partial charge in [0.15, 0.2) is 0 Å². The molecule has 22 heavy (non-hydrogen) atoms. The molecule has 0 aliphatic rings. The van der Waals surface area contributed by atoms with Crippen LogP contribution in [0.25, 0.3) is 10.9 Å². The lowest BCUT2D eigenvalue weighted by molar-refractivity contribution is 0.102. The largest absolute Gasteiger partial charge is 0.358 e. The third kappa shape index (κ3) is 2.48. The molecule has 1 aromatic heterocycles. The molecule has 0 fully saturated rings. The first-order chi connectivity index (χ1) is 10.5. The molecule has 0 aliphatic carbocycles. The Kier molecular flexibility index (Phi) is 3.45. The quantitative estimate of drug-likeness (QED) is 0.719. The number of benzene rings is 2. The number of carbonyl (C=O) groups excluding carboxylic acids is 1. The molecule has 0 aliphatic heterocycles. The fourth-order valence-corrected chi connectivity index (χ4v) is 2.53. The van der Waals surface area contributed by atoms with Gasteiger partial charge in [-0.15, -0.1) is 0 Å². The van der Waals surface area contributed by atoms with Crippen LogP contribution in [0.1, 0.15) is 27.2 Å². The minimum Gasteiger partial charge on any atom is -0.358 e. The van der Waals surface area contributed by atoms with Gasteiger partial charge in [0, 0.05) is 22.2 Å². The molecule has 3 nitrogen and oxygen atoms in total. The van der Waals surface area contributed by atoms with Gasteiger partial charge in [-0.1, -0.05) is 6.07 Å². The van der Waals surface area contributed by atoms with Crippen LogP contribution in [0.5, 0.6) is 0 Å². The van der Waals surface area contributed by atoms with Gasteiger partial charge in [0.25, 0.3) is 5.91 Å². The maximum absolute atomic E-state index is 13.7. The number of aromatic amines is 1. The van der Waals surface area contributed by atoms with Crippen molar-refractivity contribution < 1.29 is 9.18 Å². The number of aryl methyl sites for hydroxylation is 3. The number of fused-ring (bicyclic) bond motifs is 1. The zero-order valence-corrected chi connectivity index (χ0v) is 12.8. The van der Waals surface area contributed by atoms with Crippen LogP contribution in [0.4, 0.5) is 10.1 Å². The van der Waals surface area contributed by atoms with E-state index in [-0.39, 0.29) is 11.6 Å². The summed E-state index contributed by atoms with van der Waals surface area (Å²) in [6.07, 6.45) is 0. The maximum Gasteiger partial charge on any atom is 0.255 e. The van der Waals surface area contributed by atoms with Crippen LogP contribution in [0.2, 0.25) is 0 Å². The van der Waals surface area contributed by atoms with Crippen molar-refractivity contribution in [2.24, 2.45) is 0 Å². The van der Waals surface area contributed by atoms with Crippen LogP contribution in [-0.2, 0) is 0 Å². The SMILES string of the molecule is Cc1ccc(F)c(NC(=O)c2ccc3[nH]c(C)c(C)c3c2)c1. The van der Waals surface area contributed by atoms with Gasteiger partial charge in [-0.2, -0.15) is 0 Å². The van der Waals surface area contributed by atoms with E-state index in [0.717, 1.165) is 27.7 Å². The molecule has 0 bridgehead atoms. The molecule has 3 rings (SSSR count). The summed E-state index contributed by atoms with van der Waals surface area (Å²) < 4.78 is 13.7. The van der Waals surface area contributed by atoms with Crippen LogP contribution < -0.4 is 5.32 Å². The van der Waals surface area contributed by atoms with Crippen LogP contribution in [-0.4, -0.2) is 10.9 Å². The molecule has 0 saturated carbocycles. The zero-order chi connectivity index (χ0) is 15.9. The van der Waals surface area contributed by atoms with Crippen LogP contribution >= 0.6 is 0 Å². The van der Waals surface area contributed by atoms with Crippen LogP contribution in [0.3, 0.4) is 0 Å². The van der Waals surface area contributed by atoms with E-state index < -0.39 is 5.82 Å². The average molecular weight is 296 g/mol. The third-order valence-corrected chi connectivity index (χ3v) is 3.94. The summed E-state index contributed by atoms with van der Waals surface area (Å²) in [5.74, 6) is -0.752. The number of nitrogens with one attached hydrogen (secondary N) is 2. The highest BCUT2D eigenvalue weighted by Crippen LogP contribution is 2.23. The first-order valence-corrected chi connectivity index (χ1v) is 7.12. The molecule has 2 N–H and O–H groups in total. The van der Waals surface area contributed by atoms with Crippen molar-refractivity contribution in [2.45, 2.75) is 20.8 Å². The van der Waals surface area contributed by atoms with Gasteiger partial charge in [-0.3, -0.25) is 4.79 Å². The van der Waals surface area contributed by atoms with E-state index in [1.165, 1.54) is 6.07 Å². The lowest BCUT2D eigenvalue weighted by Gasteiger charge is -2.07. The molecule has 0 atom stereocenters. The Hall–Kier alpha value is -2.62. The molecular formula is C18H17FN2O. The van der Waals surface area contributed by atoms with Crippen molar-refractivity contribution in [2.75, 3.05) is 5.32 Å². The number of aromatic nitrogens is 1.